The van der Waals surface area contributed by atoms with Crippen molar-refractivity contribution in [1.29, 1.82) is 0 Å². The van der Waals surface area contributed by atoms with Crippen LogP contribution in [0, 0.1) is 5.82 Å². The highest BCUT2D eigenvalue weighted by Gasteiger charge is 2.45. The smallest absolute Gasteiger partial charge is 0.319 e. The van der Waals surface area contributed by atoms with Gasteiger partial charge in [-0.05, 0) is 71.5 Å². The quantitative estimate of drug-likeness (QED) is 0.392. The minimum atomic E-state index is -0.259. The van der Waals surface area contributed by atoms with Gasteiger partial charge in [0, 0.05) is 56.1 Å². The predicted molar refractivity (Wildman–Crippen MR) is 167 cm³/mol. The van der Waals surface area contributed by atoms with E-state index in [2.05, 4.69) is 15.1 Å². The average Bonchev–Trinajstić information content (AvgIpc) is 3.69. The summed E-state index contributed by atoms with van der Waals surface area (Å²) in [6, 6.07) is 6.57. The predicted octanol–water partition coefficient (Wildman–Crippen LogP) is 5.27. The van der Waals surface area contributed by atoms with E-state index in [9.17, 15) is 0 Å². The Morgan fingerprint density at radius 1 is 1.14 bits per heavy atom. The fraction of sp³-hybridized carbons (Fsp3) is 0.545. The highest BCUT2D eigenvalue weighted by Crippen LogP contribution is 2.41. The molecule has 2 unspecified atom stereocenters. The average molecular weight is 572 g/mol. The summed E-state index contributed by atoms with van der Waals surface area (Å²) >= 11 is 0. The first kappa shape index (κ1) is 27.5. The molecule has 0 saturated carbocycles. The van der Waals surface area contributed by atoms with Crippen molar-refractivity contribution in [1.82, 2.24) is 25.2 Å². The summed E-state index contributed by atoms with van der Waals surface area (Å²) in [7, 11) is 1.91. The molecule has 8 nitrogen and oxygen atoms in total. The lowest BCUT2D eigenvalue weighted by Crippen LogP contribution is -2.51. The summed E-state index contributed by atoms with van der Waals surface area (Å²) in [6.07, 6.45) is 13.1. The largest absolute Gasteiger partial charge is 0.461 e. The van der Waals surface area contributed by atoms with Crippen molar-refractivity contribution < 1.29 is 9.13 Å². The van der Waals surface area contributed by atoms with E-state index in [4.69, 9.17) is 19.7 Å². The van der Waals surface area contributed by atoms with E-state index < -0.39 is 0 Å². The Kier molecular flexibility index (Phi) is 7.26. The van der Waals surface area contributed by atoms with E-state index in [-0.39, 0.29) is 11.4 Å². The number of fused-ring (bicyclic) bond motifs is 4. The second-order valence-electron chi connectivity index (χ2n) is 12.5. The van der Waals surface area contributed by atoms with Crippen molar-refractivity contribution in [2.45, 2.75) is 70.0 Å². The van der Waals surface area contributed by atoms with Crippen LogP contribution in [0.15, 0.2) is 30.5 Å². The first-order valence-electron chi connectivity index (χ1n) is 15.7. The lowest BCUT2D eigenvalue weighted by atomic mass is 9.95. The number of ether oxygens (including phenoxy) is 1. The van der Waals surface area contributed by atoms with Gasteiger partial charge in [-0.1, -0.05) is 24.3 Å². The Hall–Kier alpha value is -3.30. The molecule has 1 N–H and O–H groups in total. The summed E-state index contributed by atoms with van der Waals surface area (Å²) in [5.74, 6) is 0.626. The molecule has 2 atom stereocenters. The molecule has 4 saturated heterocycles. The Morgan fingerprint density at radius 2 is 1.90 bits per heavy atom. The van der Waals surface area contributed by atoms with Gasteiger partial charge in [0.25, 0.3) is 0 Å². The van der Waals surface area contributed by atoms with E-state index in [1.807, 2.05) is 50.2 Å². The van der Waals surface area contributed by atoms with E-state index in [1.54, 1.807) is 6.07 Å². The molecule has 2 aromatic heterocycles. The standard InChI is InChI=1S/C33H42FN7O/c1-4-9-24-28(25-10-6-11-27(34)30(25)39(3)5-2)35-18-26-29(24)37-32(42-21-33-14-7-16-41(33)17-8-15-33)38-31(26)40-19-22-12-13-23(20-40)36-22/h4,6,9-11,18,22-23,36H,5,7-8,12-17,19-21H2,1-3H3/b9-4+. The van der Waals surface area contributed by atoms with Crippen LogP contribution in [0.2, 0.25) is 0 Å². The molecule has 6 heterocycles. The monoisotopic (exact) mass is 571 g/mol. The van der Waals surface area contributed by atoms with Gasteiger partial charge in [-0.2, -0.15) is 9.97 Å². The van der Waals surface area contributed by atoms with Gasteiger partial charge < -0.3 is 19.9 Å². The van der Waals surface area contributed by atoms with Crippen LogP contribution in [-0.2, 0) is 0 Å². The third kappa shape index (κ3) is 4.71. The van der Waals surface area contributed by atoms with Gasteiger partial charge in [-0.15, -0.1) is 0 Å². The number of para-hydroxylation sites is 1. The number of nitrogens with one attached hydrogen (secondary N) is 1. The number of allylic oxidation sites excluding steroid dienone is 1. The molecule has 0 spiro atoms. The van der Waals surface area contributed by atoms with Crippen LogP contribution in [0.4, 0.5) is 15.9 Å². The molecule has 3 aromatic rings. The lowest BCUT2D eigenvalue weighted by Gasteiger charge is -2.35. The highest BCUT2D eigenvalue weighted by atomic mass is 19.1. The van der Waals surface area contributed by atoms with Gasteiger partial charge in [0.15, 0.2) is 0 Å². The molecule has 7 rings (SSSR count). The highest BCUT2D eigenvalue weighted by molar-refractivity contribution is 5.99. The molecular formula is C33H42FN7O. The van der Waals surface area contributed by atoms with Crippen molar-refractivity contribution >= 4 is 28.5 Å². The number of nitrogens with zero attached hydrogens (tertiary/aromatic N) is 6. The van der Waals surface area contributed by atoms with Gasteiger partial charge in [0.2, 0.25) is 0 Å². The minimum absolute atomic E-state index is 0.101. The van der Waals surface area contributed by atoms with Gasteiger partial charge >= 0.3 is 6.01 Å². The number of piperazine rings is 1. The molecule has 9 heteroatoms. The third-order valence-corrected chi connectivity index (χ3v) is 9.97. The fourth-order valence-corrected chi connectivity index (χ4v) is 7.80. The van der Waals surface area contributed by atoms with Crippen LogP contribution in [0.5, 0.6) is 6.01 Å². The van der Waals surface area contributed by atoms with Crippen molar-refractivity contribution in [3.05, 3.63) is 41.9 Å². The van der Waals surface area contributed by atoms with Gasteiger partial charge in [-0.3, -0.25) is 9.88 Å². The maximum absolute atomic E-state index is 15.3. The molecule has 222 valence electrons. The zero-order valence-electron chi connectivity index (χ0n) is 25.1. The number of benzene rings is 1. The van der Waals surface area contributed by atoms with Crippen molar-refractivity contribution in [2.75, 3.05) is 56.2 Å². The van der Waals surface area contributed by atoms with Crippen molar-refractivity contribution in [2.24, 2.45) is 0 Å². The molecule has 42 heavy (non-hydrogen) atoms. The first-order valence-corrected chi connectivity index (χ1v) is 15.7. The number of hydrogen-bond acceptors (Lipinski definition) is 8. The van der Waals surface area contributed by atoms with Crippen molar-refractivity contribution in [3.63, 3.8) is 0 Å². The summed E-state index contributed by atoms with van der Waals surface area (Å²) < 4.78 is 21.8. The zero-order chi connectivity index (χ0) is 28.8. The molecule has 0 aliphatic carbocycles. The van der Waals surface area contributed by atoms with Crippen LogP contribution in [-0.4, -0.2) is 83.9 Å². The minimum Gasteiger partial charge on any atom is -0.461 e. The molecule has 0 radical (unpaired) electrons. The lowest BCUT2D eigenvalue weighted by molar-refractivity contribution is 0.108. The Bertz CT molecular complexity index is 1490. The Morgan fingerprint density at radius 3 is 2.62 bits per heavy atom. The molecule has 1 aromatic carbocycles. The number of aromatic nitrogens is 3. The molecule has 0 amide bonds. The second kappa shape index (κ2) is 11.1. The van der Waals surface area contributed by atoms with Gasteiger partial charge in [0.05, 0.1) is 27.8 Å². The van der Waals surface area contributed by atoms with Crippen LogP contribution in [0.1, 0.15) is 57.9 Å². The van der Waals surface area contributed by atoms with E-state index in [1.165, 1.54) is 44.6 Å². The van der Waals surface area contributed by atoms with Crippen LogP contribution < -0.4 is 19.9 Å². The van der Waals surface area contributed by atoms with E-state index in [0.717, 1.165) is 54.0 Å². The first-order chi connectivity index (χ1) is 20.5. The molecule has 4 aliphatic rings. The van der Waals surface area contributed by atoms with Crippen LogP contribution in [0.3, 0.4) is 0 Å². The van der Waals surface area contributed by atoms with Crippen LogP contribution in [0.25, 0.3) is 28.2 Å². The van der Waals surface area contributed by atoms with Gasteiger partial charge in [-0.25, -0.2) is 4.39 Å². The maximum Gasteiger partial charge on any atom is 0.319 e. The maximum atomic E-state index is 15.3. The number of halogens is 1. The summed E-state index contributed by atoms with van der Waals surface area (Å²) in [4.78, 5) is 22.1. The van der Waals surface area contributed by atoms with E-state index >= 15 is 4.39 Å². The zero-order valence-corrected chi connectivity index (χ0v) is 25.1. The second-order valence-corrected chi connectivity index (χ2v) is 12.5. The normalized spacial score (nSPS) is 23.3. The van der Waals surface area contributed by atoms with Crippen molar-refractivity contribution in [3.8, 4) is 17.3 Å². The SMILES string of the molecule is C/C=C/c1c(-c2cccc(F)c2N(C)CC)ncc2c(N3CC4CCC(C3)N4)nc(OCC34CCCN3CCC4)nc12. The number of rotatable bonds is 8. The third-order valence-electron chi connectivity index (χ3n) is 9.97. The molecule has 2 bridgehead atoms. The fourth-order valence-electron chi connectivity index (χ4n) is 7.80. The molecule has 4 fully saturated rings. The number of pyridine rings is 1. The topological polar surface area (TPSA) is 69.7 Å². The summed E-state index contributed by atoms with van der Waals surface area (Å²) in [5, 5.41) is 4.65. The summed E-state index contributed by atoms with van der Waals surface area (Å²) in [6.45, 7) is 9.40. The van der Waals surface area contributed by atoms with E-state index in [0.29, 0.717) is 42.6 Å². The number of anilines is 2. The summed E-state index contributed by atoms with van der Waals surface area (Å²) in [5.41, 5.74) is 3.77. The Labute approximate surface area is 248 Å². The molecule has 4 aliphatic heterocycles. The Balaban J connectivity index is 1.38. The number of hydrogen-bond donors (Lipinski definition) is 1. The van der Waals surface area contributed by atoms with Gasteiger partial charge in [0.1, 0.15) is 18.2 Å². The van der Waals surface area contributed by atoms with Crippen LogP contribution >= 0.6 is 0 Å². The molecular weight excluding hydrogens is 529 g/mol.